The number of H-pyrrole nitrogens is 1. The first-order chi connectivity index (χ1) is 12.2. The van der Waals surface area contributed by atoms with E-state index in [0.29, 0.717) is 39.0 Å². The lowest BCUT2D eigenvalue weighted by Crippen LogP contribution is -2.21. The Morgan fingerprint density at radius 3 is 2.64 bits per heavy atom. The first-order valence-electron chi connectivity index (χ1n) is 7.86. The maximum atomic E-state index is 13.2. The molecule has 0 bridgehead atoms. The summed E-state index contributed by atoms with van der Waals surface area (Å²) >= 11 is 0. The molecule has 2 aromatic carbocycles. The summed E-state index contributed by atoms with van der Waals surface area (Å²) in [5.74, 6) is 0.242. The molecule has 4 aromatic rings. The average Bonchev–Trinajstić information content (AvgIpc) is 3.05. The van der Waals surface area contributed by atoms with Crippen LogP contribution in [0.2, 0.25) is 0 Å². The molecule has 0 amide bonds. The van der Waals surface area contributed by atoms with Gasteiger partial charge in [0.05, 0.1) is 29.4 Å². The number of para-hydroxylation sites is 1. The summed E-state index contributed by atoms with van der Waals surface area (Å²) in [5.41, 5.74) is 2.92. The summed E-state index contributed by atoms with van der Waals surface area (Å²) < 4.78 is 5.26. The van der Waals surface area contributed by atoms with E-state index in [1.165, 1.54) is 6.20 Å². The van der Waals surface area contributed by atoms with Crippen molar-refractivity contribution in [3.63, 3.8) is 0 Å². The van der Waals surface area contributed by atoms with Crippen LogP contribution in [0.4, 0.5) is 0 Å². The van der Waals surface area contributed by atoms with E-state index < -0.39 is 0 Å². The van der Waals surface area contributed by atoms with Crippen LogP contribution in [-0.4, -0.2) is 28.6 Å². The molecule has 2 aromatic heterocycles. The van der Waals surface area contributed by atoms with E-state index >= 15 is 0 Å². The van der Waals surface area contributed by atoms with Crippen LogP contribution in [0.5, 0.6) is 5.75 Å². The lowest BCUT2D eigenvalue weighted by molar-refractivity contribution is 0.0979. The van der Waals surface area contributed by atoms with E-state index in [0.717, 1.165) is 10.9 Å². The lowest BCUT2D eigenvalue weighted by Gasteiger charge is -2.16. The number of benzene rings is 2. The summed E-state index contributed by atoms with van der Waals surface area (Å²) in [4.78, 5) is 33.7. The first-order valence-corrected chi connectivity index (χ1v) is 7.86. The maximum Gasteiger partial charge on any atom is 0.211 e. The third-order valence-electron chi connectivity index (χ3n) is 4.71. The molecular weight excluding hydrogens is 316 g/mol. The fourth-order valence-corrected chi connectivity index (χ4v) is 3.52. The van der Waals surface area contributed by atoms with Gasteiger partial charge in [-0.25, -0.2) is 0 Å². The van der Waals surface area contributed by atoms with Gasteiger partial charge in [-0.1, -0.05) is 18.2 Å². The summed E-state index contributed by atoms with van der Waals surface area (Å²) in [6.45, 7) is 0. The lowest BCUT2D eigenvalue weighted by atomic mass is 9.86. The van der Waals surface area contributed by atoms with Gasteiger partial charge in [0.1, 0.15) is 5.75 Å². The van der Waals surface area contributed by atoms with Gasteiger partial charge >= 0.3 is 0 Å². The molecule has 1 aliphatic rings. The minimum absolute atomic E-state index is 0.181. The molecule has 120 valence electrons. The third-order valence-corrected chi connectivity index (χ3v) is 4.71. The molecule has 5 heteroatoms. The number of nitrogens with zero attached hydrogens (tertiary/aromatic N) is 1. The van der Waals surface area contributed by atoms with E-state index in [1.54, 1.807) is 25.3 Å². The zero-order chi connectivity index (χ0) is 17.1. The minimum atomic E-state index is -0.193. The number of nitrogens with one attached hydrogen (secondary N) is 1. The number of ketones is 2. The second-order valence-electron chi connectivity index (χ2n) is 6.01. The standard InChI is InChI=1S/C20H12N2O3/c1-25-10-6-7-14-12(8-10)16-13(9-21-14)19(23)17-11-4-2-3-5-15(11)22-18(17)20(16)24/h2-9,22H,1H3. The fraction of sp³-hybridized carbons (Fsp3) is 0.0500. The Hall–Kier alpha value is -3.47. The van der Waals surface area contributed by atoms with Crippen molar-refractivity contribution in [3.8, 4) is 5.75 Å². The van der Waals surface area contributed by atoms with Gasteiger partial charge in [0.25, 0.3) is 0 Å². The van der Waals surface area contributed by atoms with Crippen molar-refractivity contribution < 1.29 is 14.3 Å². The highest BCUT2D eigenvalue weighted by atomic mass is 16.5. The first kappa shape index (κ1) is 13.9. The van der Waals surface area contributed by atoms with Crippen LogP contribution in [-0.2, 0) is 0 Å². The predicted octanol–water partition coefficient (Wildman–Crippen LogP) is 3.50. The quantitative estimate of drug-likeness (QED) is 0.511. The molecule has 25 heavy (non-hydrogen) atoms. The molecule has 5 nitrogen and oxygen atoms in total. The van der Waals surface area contributed by atoms with Gasteiger partial charge < -0.3 is 9.72 Å². The van der Waals surface area contributed by atoms with Crippen molar-refractivity contribution in [2.45, 2.75) is 0 Å². The number of fused-ring (bicyclic) bond motifs is 6. The zero-order valence-corrected chi connectivity index (χ0v) is 13.3. The second-order valence-corrected chi connectivity index (χ2v) is 6.01. The normalized spacial score (nSPS) is 13.2. The smallest absolute Gasteiger partial charge is 0.211 e. The number of pyridine rings is 1. The molecule has 1 aliphatic carbocycles. The minimum Gasteiger partial charge on any atom is -0.497 e. The van der Waals surface area contributed by atoms with Crippen molar-refractivity contribution >= 4 is 33.4 Å². The summed E-state index contributed by atoms with van der Waals surface area (Å²) in [6, 6.07) is 12.7. The number of hydrogen-bond acceptors (Lipinski definition) is 4. The molecule has 0 saturated carbocycles. The highest BCUT2D eigenvalue weighted by Crippen LogP contribution is 2.36. The van der Waals surface area contributed by atoms with E-state index in [9.17, 15) is 9.59 Å². The number of rotatable bonds is 1. The van der Waals surface area contributed by atoms with Gasteiger partial charge in [-0.3, -0.25) is 14.6 Å². The van der Waals surface area contributed by atoms with E-state index in [-0.39, 0.29) is 11.6 Å². The number of carbonyl (C=O) groups is 2. The monoisotopic (exact) mass is 328 g/mol. The van der Waals surface area contributed by atoms with Gasteiger partial charge in [-0.05, 0) is 24.3 Å². The number of hydrogen-bond donors (Lipinski definition) is 1. The molecule has 0 fully saturated rings. The highest BCUT2D eigenvalue weighted by Gasteiger charge is 2.34. The zero-order valence-electron chi connectivity index (χ0n) is 13.3. The SMILES string of the molecule is COc1ccc2ncc3c(c2c1)C(=O)c1[nH]c2ccccc2c1C3=O. The number of aromatic amines is 1. The van der Waals surface area contributed by atoms with Crippen molar-refractivity contribution in [1.82, 2.24) is 9.97 Å². The molecule has 0 spiro atoms. The van der Waals surface area contributed by atoms with Crippen molar-refractivity contribution in [3.05, 3.63) is 71.0 Å². The molecule has 0 aliphatic heterocycles. The molecule has 1 N–H and O–H groups in total. The average molecular weight is 328 g/mol. The van der Waals surface area contributed by atoms with Crippen LogP contribution in [0, 0.1) is 0 Å². The van der Waals surface area contributed by atoms with Crippen LogP contribution in [0.1, 0.15) is 32.0 Å². The van der Waals surface area contributed by atoms with Gasteiger partial charge in [-0.15, -0.1) is 0 Å². The Bertz CT molecular complexity index is 1220. The number of ether oxygens (including phenoxy) is 1. The maximum absolute atomic E-state index is 13.2. The largest absolute Gasteiger partial charge is 0.497 e. The Morgan fingerprint density at radius 1 is 0.960 bits per heavy atom. The molecule has 5 rings (SSSR count). The van der Waals surface area contributed by atoms with Crippen molar-refractivity contribution in [2.24, 2.45) is 0 Å². The van der Waals surface area contributed by atoms with E-state index in [4.69, 9.17) is 4.74 Å². The Morgan fingerprint density at radius 2 is 1.80 bits per heavy atom. The van der Waals surface area contributed by atoms with E-state index in [2.05, 4.69) is 9.97 Å². The highest BCUT2D eigenvalue weighted by molar-refractivity contribution is 6.34. The van der Waals surface area contributed by atoms with Crippen LogP contribution < -0.4 is 4.74 Å². The summed E-state index contributed by atoms with van der Waals surface area (Å²) in [6.07, 6.45) is 1.50. The Kier molecular flexibility index (Phi) is 2.65. The summed E-state index contributed by atoms with van der Waals surface area (Å²) in [7, 11) is 1.56. The topological polar surface area (TPSA) is 72.0 Å². The van der Waals surface area contributed by atoms with Gasteiger partial charge in [0.2, 0.25) is 5.78 Å². The van der Waals surface area contributed by atoms with Gasteiger partial charge in [-0.2, -0.15) is 0 Å². The predicted molar refractivity (Wildman–Crippen MR) is 93.5 cm³/mol. The Balaban J connectivity index is 1.88. The molecule has 2 heterocycles. The molecule has 0 unspecified atom stereocenters. The van der Waals surface area contributed by atoms with Gasteiger partial charge in [0.15, 0.2) is 5.78 Å². The third kappa shape index (κ3) is 1.75. The van der Waals surface area contributed by atoms with Crippen LogP contribution >= 0.6 is 0 Å². The molecule has 0 saturated heterocycles. The van der Waals surface area contributed by atoms with E-state index in [1.807, 2.05) is 24.3 Å². The number of carbonyl (C=O) groups excluding carboxylic acids is 2. The van der Waals surface area contributed by atoms with Crippen LogP contribution in [0.3, 0.4) is 0 Å². The second kappa shape index (κ2) is 4.77. The van der Waals surface area contributed by atoms with Crippen LogP contribution in [0.25, 0.3) is 21.8 Å². The Labute approximate surface area is 142 Å². The van der Waals surface area contributed by atoms with Crippen molar-refractivity contribution in [1.29, 1.82) is 0 Å². The van der Waals surface area contributed by atoms with Crippen molar-refractivity contribution in [2.75, 3.05) is 7.11 Å². The summed E-state index contributed by atoms with van der Waals surface area (Å²) in [5, 5.41) is 1.38. The number of aromatic nitrogens is 2. The molecule has 0 radical (unpaired) electrons. The van der Waals surface area contributed by atoms with Gasteiger partial charge in [0, 0.05) is 28.0 Å². The molecular formula is C20H12N2O3. The molecule has 0 atom stereocenters. The fourth-order valence-electron chi connectivity index (χ4n) is 3.52. The van der Waals surface area contributed by atoms with Crippen LogP contribution in [0.15, 0.2) is 48.7 Å². The number of methoxy groups -OCH3 is 1.